The summed E-state index contributed by atoms with van der Waals surface area (Å²) in [4.78, 5) is 12.1. The average Bonchev–Trinajstić information content (AvgIpc) is 2.39. The van der Waals surface area contributed by atoms with Crippen molar-refractivity contribution in [3.8, 4) is 0 Å². The Labute approximate surface area is 133 Å². The Balaban J connectivity index is 2.30. The molecule has 0 bridgehead atoms. The number of hydrogen-bond acceptors (Lipinski definition) is 1. The van der Waals surface area contributed by atoms with Gasteiger partial charge >= 0.3 is 0 Å². The van der Waals surface area contributed by atoms with Crippen LogP contribution in [0.2, 0.25) is 0 Å². The lowest BCUT2D eigenvalue weighted by molar-refractivity contribution is 0.102. The van der Waals surface area contributed by atoms with Crippen LogP contribution in [0.25, 0.3) is 0 Å². The molecule has 1 N–H and O–H groups in total. The maximum atomic E-state index is 13.9. The first-order chi connectivity index (χ1) is 9.40. The summed E-state index contributed by atoms with van der Waals surface area (Å²) >= 11 is 6.54. The maximum absolute atomic E-state index is 13.9. The number of aryl methyl sites for hydroxylation is 2. The summed E-state index contributed by atoms with van der Waals surface area (Å²) in [6.45, 7) is 3.87. The van der Waals surface area contributed by atoms with Crippen molar-refractivity contribution in [1.82, 2.24) is 0 Å². The van der Waals surface area contributed by atoms with Crippen LogP contribution in [0.4, 0.5) is 10.1 Å². The minimum Gasteiger partial charge on any atom is -0.322 e. The molecular weight excluding hydrogens is 389 g/mol. The zero-order chi connectivity index (χ0) is 14.9. The number of benzene rings is 2. The lowest BCUT2D eigenvalue weighted by atomic mass is 10.1. The summed E-state index contributed by atoms with van der Waals surface area (Å²) in [7, 11) is 0. The molecule has 0 saturated carbocycles. The van der Waals surface area contributed by atoms with E-state index in [1.165, 1.54) is 6.07 Å². The number of nitrogens with one attached hydrogen (secondary N) is 1. The van der Waals surface area contributed by atoms with Crippen LogP contribution in [0, 0.1) is 19.7 Å². The molecule has 0 aliphatic heterocycles. The van der Waals surface area contributed by atoms with E-state index >= 15 is 0 Å². The number of hydrogen-bond donors (Lipinski definition) is 1. The summed E-state index contributed by atoms with van der Waals surface area (Å²) in [5.74, 6) is -1.03. The largest absolute Gasteiger partial charge is 0.322 e. The molecule has 0 unspecified atom stereocenters. The second kappa shape index (κ2) is 6.06. The summed E-state index contributed by atoms with van der Waals surface area (Å²) in [5.41, 5.74) is 2.68. The van der Waals surface area contributed by atoms with E-state index in [-0.39, 0.29) is 10.0 Å². The first-order valence-electron chi connectivity index (χ1n) is 5.92. The molecule has 0 aliphatic carbocycles. The molecule has 2 nitrogen and oxygen atoms in total. The number of carbonyl (C=O) groups is 1. The molecule has 0 radical (unpaired) electrons. The van der Waals surface area contributed by atoms with Crippen molar-refractivity contribution >= 4 is 43.5 Å². The highest BCUT2D eigenvalue weighted by Gasteiger charge is 2.14. The Bertz CT molecular complexity index is 663. The third-order valence-electron chi connectivity index (χ3n) is 2.89. The Kier molecular flexibility index (Phi) is 4.60. The van der Waals surface area contributed by atoms with Crippen molar-refractivity contribution in [2.45, 2.75) is 13.8 Å². The Morgan fingerprint density at radius 1 is 1.15 bits per heavy atom. The highest BCUT2D eigenvalue weighted by Crippen LogP contribution is 2.26. The molecule has 0 aromatic heterocycles. The van der Waals surface area contributed by atoms with E-state index in [0.29, 0.717) is 5.69 Å². The van der Waals surface area contributed by atoms with E-state index in [4.69, 9.17) is 0 Å². The molecule has 0 spiro atoms. The molecule has 20 heavy (non-hydrogen) atoms. The second-order valence-corrected chi connectivity index (χ2v) is 6.13. The van der Waals surface area contributed by atoms with Crippen LogP contribution < -0.4 is 5.32 Å². The molecule has 0 saturated heterocycles. The van der Waals surface area contributed by atoms with Gasteiger partial charge in [-0.3, -0.25) is 4.79 Å². The monoisotopic (exact) mass is 399 g/mol. The fraction of sp³-hybridized carbons (Fsp3) is 0.133. The smallest absolute Gasteiger partial charge is 0.258 e. The van der Waals surface area contributed by atoms with Gasteiger partial charge in [0.25, 0.3) is 5.91 Å². The summed E-state index contributed by atoms with van der Waals surface area (Å²) in [6.07, 6.45) is 0. The second-order valence-electron chi connectivity index (χ2n) is 4.48. The lowest BCUT2D eigenvalue weighted by Crippen LogP contribution is -2.14. The van der Waals surface area contributed by atoms with E-state index in [1.54, 1.807) is 12.1 Å². The van der Waals surface area contributed by atoms with Crippen LogP contribution in [-0.2, 0) is 0 Å². The van der Waals surface area contributed by atoms with Crippen LogP contribution in [0.1, 0.15) is 21.5 Å². The number of halogens is 3. The summed E-state index contributed by atoms with van der Waals surface area (Å²) in [5, 5.41) is 2.71. The first kappa shape index (κ1) is 15.2. The van der Waals surface area contributed by atoms with Crippen LogP contribution in [0.5, 0.6) is 0 Å². The van der Waals surface area contributed by atoms with Crippen molar-refractivity contribution in [2.75, 3.05) is 5.32 Å². The standard InChI is InChI=1S/C15H12Br2FNO/c1-8-6-10(7-9(2)13(8)17)19-15(20)11-4-3-5-12(16)14(11)18/h3-7H,1-2H3,(H,19,20). The first-order valence-corrected chi connectivity index (χ1v) is 7.51. The Hall–Kier alpha value is -1.20. The molecule has 104 valence electrons. The SMILES string of the molecule is Cc1cc(NC(=O)c2cccc(Br)c2F)cc(C)c1Br. The summed E-state index contributed by atoms with van der Waals surface area (Å²) in [6, 6.07) is 8.31. The van der Waals surface area contributed by atoms with Gasteiger partial charge in [0.05, 0.1) is 10.0 Å². The predicted molar refractivity (Wildman–Crippen MR) is 85.7 cm³/mol. The molecule has 2 rings (SSSR count). The third kappa shape index (κ3) is 3.10. The third-order valence-corrected chi connectivity index (χ3v) is 4.75. The molecule has 0 fully saturated rings. The number of carbonyl (C=O) groups excluding carboxylic acids is 1. The van der Waals surface area contributed by atoms with Gasteiger partial charge < -0.3 is 5.32 Å². The highest BCUT2D eigenvalue weighted by atomic mass is 79.9. The van der Waals surface area contributed by atoms with E-state index in [1.807, 2.05) is 26.0 Å². The van der Waals surface area contributed by atoms with Crippen molar-refractivity contribution in [3.63, 3.8) is 0 Å². The van der Waals surface area contributed by atoms with Gasteiger partial charge in [0.2, 0.25) is 0 Å². The molecule has 2 aromatic rings. The van der Waals surface area contributed by atoms with Gasteiger partial charge in [-0.1, -0.05) is 22.0 Å². The number of anilines is 1. The molecule has 5 heteroatoms. The summed E-state index contributed by atoms with van der Waals surface area (Å²) < 4.78 is 15.1. The zero-order valence-corrected chi connectivity index (χ0v) is 14.1. The van der Waals surface area contributed by atoms with Crippen LogP contribution in [-0.4, -0.2) is 5.91 Å². The van der Waals surface area contributed by atoms with Gasteiger partial charge in [0.15, 0.2) is 0 Å². The van der Waals surface area contributed by atoms with Gasteiger partial charge in [0, 0.05) is 10.2 Å². The van der Waals surface area contributed by atoms with Crippen molar-refractivity contribution in [3.05, 3.63) is 61.8 Å². The molecular formula is C15H12Br2FNO. The fourth-order valence-corrected chi connectivity index (χ4v) is 2.49. The maximum Gasteiger partial charge on any atom is 0.258 e. The molecule has 0 aliphatic rings. The van der Waals surface area contributed by atoms with Gasteiger partial charge in [0.1, 0.15) is 5.82 Å². The van der Waals surface area contributed by atoms with E-state index < -0.39 is 11.7 Å². The van der Waals surface area contributed by atoms with Crippen LogP contribution in [0.3, 0.4) is 0 Å². The van der Waals surface area contributed by atoms with Gasteiger partial charge in [-0.2, -0.15) is 0 Å². The molecule has 1 amide bonds. The Morgan fingerprint density at radius 3 is 2.35 bits per heavy atom. The fourth-order valence-electron chi connectivity index (χ4n) is 1.90. The van der Waals surface area contributed by atoms with Crippen molar-refractivity contribution in [1.29, 1.82) is 0 Å². The van der Waals surface area contributed by atoms with E-state index in [2.05, 4.69) is 37.2 Å². The van der Waals surface area contributed by atoms with E-state index in [9.17, 15) is 9.18 Å². The minimum absolute atomic E-state index is 0.0117. The van der Waals surface area contributed by atoms with Crippen molar-refractivity contribution < 1.29 is 9.18 Å². The quantitative estimate of drug-likeness (QED) is 0.735. The topological polar surface area (TPSA) is 29.1 Å². The minimum atomic E-state index is -0.560. The van der Waals surface area contributed by atoms with Crippen molar-refractivity contribution in [2.24, 2.45) is 0 Å². The highest BCUT2D eigenvalue weighted by molar-refractivity contribution is 9.10. The van der Waals surface area contributed by atoms with E-state index in [0.717, 1.165) is 15.6 Å². The predicted octanol–water partition coefficient (Wildman–Crippen LogP) is 5.22. The lowest BCUT2D eigenvalue weighted by Gasteiger charge is -2.10. The van der Waals surface area contributed by atoms with Crippen LogP contribution in [0.15, 0.2) is 39.3 Å². The normalized spacial score (nSPS) is 10.4. The molecule has 0 atom stereocenters. The van der Waals surface area contributed by atoms with Crippen LogP contribution >= 0.6 is 31.9 Å². The average molecular weight is 401 g/mol. The van der Waals surface area contributed by atoms with Gasteiger partial charge in [-0.25, -0.2) is 4.39 Å². The number of amides is 1. The molecule has 2 aromatic carbocycles. The van der Waals surface area contributed by atoms with Gasteiger partial charge in [-0.15, -0.1) is 0 Å². The van der Waals surface area contributed by atoms with Gasteiger partial charge in [-0.05, 0) is 65.2 Å². The molecule has 0 heterocycles. The Morgan fingerprint density at radius 2 is 1.75 bits per heavy atom. The number of rotatable bonds is 2. The zero-order valence-electron chi connectivity index (χ0n) is 10.9.